The number of hydrogen-bond acceptors (Lipinski definition) is 6. The normalized spacial score (nSPS) is 10.6. The van der Waals surface area contributed by atoms with Gasteiger partial charge in [-0.1, -0.05) is 30.6 Å². The van der Waals surface area contributed by atoms with Crippen molar-refractivity contribution in [2.45, 2.75) is 39.0 Å². The highest BCUT2D eigenvalue weighted by molar-refractivity contribution is 5.92. The minimum atomic E-state index is -0.0727. The van der Waals surface area contributed by atoms with Crippen molar-refractivity contribution in [3.05, 3.63) is 54.4 Å². The van der Waals surface area contributed by atoms with E-state index in [1.165, 1.54) is 0 Å². The Hall–Kier alpha value is -3.35. The van der Waals surface area contributed by atoms with E-state index in [1.54, 1.807) is 7.11 Å². The summed E-state index contributed by atoms with van der Waals surface area (Å²) in [5.41, 5.74) is 1.54. The number of nitrogens with zero attached hydrogens (tertiary/aromatic N) is 2. The number of amides is 1. The molecular formula is C23H27N3O4. The summed E-state index contributed by atoms with van der Waals surface area (Å²) in [5.74, 6) is 2.43. The Kier molecular flexibility index (Phi) is 7.83. The summed E-state index contributed by atoms with van der Waals surface area (Å²) in [6.07, 6.45) is 3.53. The molecule has 7 nitrogen and oxygen atoms in total. The van der Waals surface area contributed by atoms with Gasteiger partial charge in [0.15, 0.2) is 0 Å². The second-order valence-corrected chi connectivity index (χ2v) is 6.84. The standard InChI is InChI=1S/C23H27N3O4/c1-3-4-16-29-20-9-6-5-8-19(20)24-21(27)10-7-11-22-25-23(26-30-22)17-12-14-18(28-2)15-13-17/h5-6,8-9,12-15H,3-4,7,10-11,16H2,1-2H3,(H,24,27). The summed E-state index contributed by atoms with van der Waals surface area (Å²) in [6.45, 7) is 2.75. The summed E-state index contributed by atoms with van der Waals surface area (Å²) in [5, 5.41) is 6.93. The van der Waals surface area contributed by atoms with E-state index in [0.717, 1.165) is 24.2 Å². The van der Waals surface area contributed by atoms with Crippen molar-refractivity contribution in [2.75, 3.05) is 19.0 Å². The molecule has 1 amide bonds. The molecule has 30 heavy (non-hydrogen) atoms. The predicted octanol–water partition coefficient (Wildman–Crippen LogP) is 4.89. The van der Waals surface area contributed by atoms with Crippen LogP contribution in [0.15, 0.2) is 53.1 Å². The average molecular weight is 409 g/mol. The lowest BCUT2D eigenvalue weighted by atomic mass is 10.2. The van der Waals surface area contributed by atoms with E-state index in [2.05, 4.69) is 22.4 Å². The van der Waals surface area contributed by atoms with Crippen LogP contribution in [0, 0.1) is 0 Å². The Morgan fingerprint density at radius 2 is 1.90 bits per heavy atom. The topological polar surface area (TPSA) is 86.5 Å². The molecule has 0 saturated heterocycles. The SMILES string of the molecule is CCCCOc1ccccc1NC(=O)CCCc1nc(-c2ccc(OC)cc2)no1. The smallest absolute Gasteiger partial charge is 0.226 e. The molecule has 1 aromatic heterocycles. The highest BCUT2D eigenvalue weighted by atomic mass is 16.5. The van der Waals surface area contributed by atoms with Gasteiger partial charge in [-0.15, -0.1) is 0 Å². The van der Waals surface area contributed by atoms with Gasteiger partial charge in [-0.25, -0.2) is 0 Å². The zero-order chi connectivity index (χ0) is 21.2. The number of rotatable bonds is 11. The number of benzene rings is 2. The van der Waals surface area contributed by atoms with Crippen LogP contribution in [-0.2, 0) is 11.2 Å². The van der Waals surface area contributed by atoms with Crippen molar-refractivity contribution in [3.8, 4) is 22.9 Å². The Morgan fingerprint density at radius 3 is 2.67 bits per heavy atom. The lowest BCUT2D eigenvalue weighted by molar-refractivity contribution is -0.116. The van der Waals surface area contributed by atoms with Gasteiger partial charge in [0.25, 0.3) is 0 Å². The van der Waals surface area contributed by atoms with E-state index in [1.807, 2.05) is 48.5 Å². The third kappa shape index (κ3) is 6.07. The third-order valence-electron chi connectivity index (χ3n) is 4.53. The first-order chi connectivity index (χ1) is 14.7. The second kappa shape index (κ2) is 11.0. The van der Waals surface area contributed by atoms with E-state index < -0.39 is 0 Å². The Bertz CT molecular complexity index is 938. The van der Waals surface area contributed by atoms with E-state index in [-0.39, 0.29) is 5.91 Å². The lowest BCUT2D eigenvalue weighted by Gasteiger charge is -2.12. The predicted molar refractivity (Wildman–Crippen MR) is 115 cm³/mol. The minimum absolute atomic E-state index is 0.0727. The number of carbonyl (C=O) groups is 1. The number of aryl methyl sites for hydroxylation is 1. The van der Waals surface area contributed by atoms with E-state index in [9.17, 15) is 4.79 Å². The zero-order valence-electron chi connectivity index (χ0n) is 17.4. The van der Waals surface area contributed by atoms with Crippen LogP contribution >= 0.6 is 0 Å². The fraction of sp³-hybridized carbons (Fsp3) is 0.348. The van der Waals surface area contributed by atoms with Crippen molar-refractivity contribution < 1.29 is 18.8 Å². The fourth-order valence-electron chi connectivity index (χ4n) is 2.85. The van der Waals surface area contributed by atoms with Gasteiger partial charge in [-0.3, -0.25) is 4.79 Å². The number of para-hydroxylation sites is 2. The second-order valence-electron chi connectivity index (χ2n) is 6.84. The van der Waals surface area contributed by atoms with Crippen LogP contribution in [0.25, 0.3) is 11.4 Å². The molecule has 0 aliphatic heterocycles. The van der Waals surface area contributed by atoms with Gasteiger partial charge in [-0.2, -0.15) is 4.98 Å². The molecule has 0 unspecified atom stereocenters. The molecule has 2 aromatic carbocycles. The van der Waals surface area contributed by atoms with Gasteiger partial charge in [0.2, 0.25) is 17.6 Å². The van der Waals surface area contributed by atoms with Crippen molar-refractivity contribution >= 4 is 11.6 Å². The molecule has 0 fully saturated rings. The molecule has 0 atom stereocenters. The van der Waals surface area contributed by atoms with Crippen LogP contribution in [0.5, 0.6) is 11.5 Å². The molecule has 0 aliphatic rings. The lowest BCUT2D eigenvalue weighted by Crippen LogP contribution is -2.13. The van der Waals surface area contributed by atoms with Gasteiger partial charge in [0.1, 0.15) is 11.5 Å². The molecule has 158 valence electrons. The molecule has 3 aromatic rings. The minimum Gasteiger partial charge on any atom is -0.497 e. The van der Waals surface area contributed by atoms with Gasteiger partial charge >= 0.3 is 0 Å². The first-order valence-electron chi connectivity index (χ1n) is 10.2. The molecule has 1 heterocycles. The van der Waals surface area contributed by atoms with Crippen LogP contribution in [0.4, 0.5) is 5.69 Å². The van der Waals surface area contributed by atoms with E-state index >= 15 is 0 Å². The summed E-state index contributed by atoms with van der Waals surface area (Å²) < 4.78 is 16.2. The van der Waals surface area contributed by atoms with Crippen LogP contribution in [0.2, 0.25) is 0 Å². The van der Waals surface area contributed by atoms with Gasteiger partial charge in [0, 0.05) is 18.4 Å². The molecule has 3 rings (SSSR count). The van der Waals surface area contributed by atoms with Crippen molar-refractivity contribution in [2.24, 2.45) is 0 Å². The fourth-order valence-corrected chi connectivity index (χ4v) is 2.85. The molecule has 0 bridgehead atoms. The van der Waals surface area contributed by atoms with Gasteiger partial charge in [-0.05, 0) is 49.2 Å². The van der Waals surface area contributed by atoms with Crippen LogP contribution in [0.3, 0.4) is 0 Å². The van der Waals surface area contributed by atoms with Crippen LogP contribution in [-0.4, -0.2) is 29.8 Å². The Morgan fingerprint density at radius 1 is 1.10 bits per heavy atom. The monoisotopic (exact) mass is 409 g/mol. The quantitative estimate of drug-likeness (QED) is 0.454. The average Bonchev–Trinajstić information content (AvgIpc) is 3.24. The number of anilines is 1. The van der Waals surface area contributed by atoms with E-state index in [4.69, 9.17) is 14.0 Å². The number of methoxy groups -OCH3 is 1. The number of ether oxygens (including phenoxy) is 2. The number of nitrogens with one attached hydrogen (secondary N) is 1. The third-order valence-corrected chi connectivity index (χ3v) is 4.53. The Balaban J connectivity index is 1.48. The molecule has 7 heteroatoms. The van der Waals surface area contributed by atoms with Crippen LogP contribution < -0.4 is 14.8 Å². The molecule has 1 N–H and O–H groups in total. The molecule has 0 saturated carbocycles. The van der Waals surface area contributed by atoms with Crippen molar-refractivity contribution in [3.63, 3.8) is 0 Å². The molecule has 0 radical (unpaired) electrons. The number of hydrogen-bond donors (Lipinski definition) is 1. The summed E-state index contributed by atoms with van der Waals surface area (Å²) in [7, 11) is 1.62. The molecule has 0 aliphatic carbocycles. The highest BCUT2D eigenvalue weighted by Crippen LogP contribution is 2.24. The summed E-state index contributed by atoms with van der Waals surface area (Å²) in [4.78, 5) is 16.7. The first-order valence-corrected chi connectivity index (χ1v) is 10.2. The number of carbonyl (C=O) groups excluding carboxylic acids is 1. The maximum absolute atomic E-state index is 12.3. The zero-order valence-corrected chi connectivity index (χ0v) is 17.4. The van der Waals surface area contributed by atoms with Crippen molar-refractivity contribution in [1.82, 2.24) is 10.1 Å². The number of aromatic nitrogens is 2. The van der Waals surface area contributed by atoms with Crippen LogP contribution in [0.1, 0.15) is 38.5 Å². The molecular weight excluding hydrogens is 382 g/mol. The summed E-state index contributed by atoms with van der Waals surface area (Å²) >= 11 is 0. The maximum Gasteiger partial charge on any atom is 0.226 e. The van der Waals surface area contributed by atoms with Gasteiger partial charge < -0.3 is 19.3 Å². The Labute approximate surface area is 176 Å². The van der Waals surface area contributed by atoms with Crippen molar-refractivity contribution in [1.29, 1.82) is 0 Å². The largest absolute Gasteiger partial charge is 0.497 e. The highest BCUT2D eigenvalue weighted by Gasteiger charge is 2.11. The number of unbranched alkanes of at least 4 members (excludes halogenated alkanes) is 1. The van der Waals surface area contributed by atoms with Gasteiger partial charge in [0.05, 0.1) is 19.4 Å². The first kappa shape index (κ1) is 21.4. The maximum atomic E-state index is 12.3. The molecule has 0 spiro atoms. The summed E-state index contributed by atoms with van der Waals surface area (Å²) in [6, 6.07) is 14.9. The van der Waals surface area contributed by atoms with E-state index in [0.29, 0.717) is 49.0 Å².